The lowest BCUT2D eigenvalue weighted by molar-refractivity contribution is 0.0450. The zero-order chi connectivity index (χ0) is 17.6. The van der Waals surface area contributed by atoms with Crippen LogP contribution in [0, 0.1) is 11.6 Å². The van der Waals surface area contributed by atoms with Gasteiger partial charge in [-0.05, 0) is 30.3 Å². The topological polar surface area (TPSA) is 58.4 Å². The van der Waals surface area contributed by atoms with Gasteiger partial charge in [-0.2, -0.15) is 5.10 Å². The molecule has 1 heterocycles. The fourth-order valence-electron chi connectivity index (χ4n) is 2.12. The average molecular weight is 350 g/mol. The predicted molar refractivity (Wildman–Crippen MR) is 86.3 cm³/mol. The molecule has 130 valence electrons. The summed E-state index contributed by atoms with van der Waals surface area (Å²) in [5.74, 6) is -0.654. The molecule has 0 saturated heterocycles. The zero-order valence-electron chi connectivity index (χ0n) is 12.8. The van der Waals surface area contributed by atoms with Crippen molar-refractivity contribution in [3.05, 3.63) is 53.6 Å². The summed E-state index contributed by atoms with van der Waals surface area (Å²) in [5.41, 5.74) is 1.06. The van der Waals surface area contributed by atoms with Gasteiger partial charge in [-0.25, -0.2) is 13.8 Å². The van der Waals surface area contributed by atoms with Crippen molar-refractivity contribution < 1.29 is 22.8 Å². The van der Waals surface area contributed by atoms with Crippen molar-refractivity contribution in [1.29, 1.82) is 0 Å². The average Bonchev–Trinajstić information content (AvgIpc) is 2.64. The normalized spacial score (nSPS) is 13.2. The van der Waals surface area contributed by atoms with E-state index in [4.69, 9.17) is 4.74 Å². The van der Waals surface area contributed by atoms with Crippen LogP contribution in [0.4, 0.5) is 18.9 Å². The maximum atomic E-state index is 14.2. The molecule has 0 bridgehead atoms. The second kappa shape index (κ2) is 7.67. The number of benzene rings is 2. The van der Waals surface area contributed by atoms with Crippen LogP contribution in [0.25, 0.3) is 0 Å². The molecule has 0 unspecified atom stereocenters. The highest BCUT2D eigenvalue weighted by atomic mass is 19.2. The van der Waals surface area contributed by atoms with Crippen molar-refractivity contribution in [3.8, 4) is 11.5 Å². The Kier molecular flexibility index (Phi) is 5.14. The van der Waals surface area contributed by atoms with Crippen LogP contribution in [0.3, 0.4) is 0 Å². The SMILES string of the molecule is FNOc1ccc(OCc2cc(F)c(N3C=NCC=N3)cc2F)cc1. The van der Waals surface area contributed by atoms with Crippen LogP contribution >= 0.6 is 0 Å². The molecule has 6 nitrogen and oxygen atoms in total. The lowest BCUT2D eigenvalue weighted by atomic mass is 10.2. The van der Waals surface area contributed by atoms with Gasteiger partial charge in [0.2, 0.25) is 0 Å². The van der Waals surface area contributed by atoms with Crippen molar-refractivity contribution in [2.75, 3.05) is 11.6 Å². The number of ether oxygens (including phenoxy) is 1. The molecule has 2 aromatic carbocycles. The molecule has 9 heteroatoms. The van der Waals surface area contributed by atoms with Crippen LogP contribution in [0.15, 0.2) is 46.5 Å². The number of anilines is 1. The van der Waals surface area contributed by atoms with Gasteiger partial charge in [-0.3, -0.25) is 4.99 Å². The molecule has 1 aliphatic rings. The van der Waals surface area contributed by atoms with Gasteiger partial charge in [0.1, 0.15) is 36.0 Å². The first kappa shape index (κ1) is 16.8. The summed E-state index contributed by atoms with van der Waals surface area (Å²) in [7, 11) is 0. The number of nitrogens with one attached hydrogen (secondary N) is 1. The Labute approximate surface area is 141 Å². The van der Waals surface area contributed by atoms with E-state index < -0.39 is 11.6 Å². The monoisotopic (exact) mass is 350 g/mol. The molecule has 0 atom stereocenters. The Morgan fingerprint density at radius 1 is 1.08 bits per heavy atom. The third-order valence-corrected chi connectivity index (χ3v) is 3.32. The third-order valence-electron chi connectivity index (χ3n) is 3.32. The van der Waals surface area contributed by atoms with E-state index in [1.165, 1.54) is 36.8 Å². The molecule has 25 heavy (non-hydrogen) atoms. The number of halogens is 3. The molecule has 0 fully saturated rings. The van der Waals surface area contributed by atoms with Gasteiger partial charge in [0.15, 0.2) is 5.75 Å². The van der Waals surface area contributed by atoms with Crippen molar-refractivity contribution in [3.63, 3.8) is 0 Å². The molecule has 1 N–H and O–H groups in total. The van der Waals surface area contributed by atoms with E-state index in [0.717, 1.165) is 22.8 Å². The fraction of sp³-hybridized carbons (Fsp3) is 0.125. The Morgan fingerprint density at radius 3 is 2.52 bits per heavy atom. The number of rotatable bonds is 6. The van der Waals surface area contributed by atoms with Crippen molar-refractivity contribution >= 4 is 18.2 Å². The minimum absolute atomic E-state index is 0.0406. The minimum atomic E-state index is -0.650. The number of hydrazone groups is 1. The van der Waals surface area contributed by atoms with E-state index in [1.54, 1.807) is 0 Å². The van der Waals surface area contributed by atoms with Gasteiger partial charge < -0.3 is 9.57 Å². The second-order valence-corrected chi connectivity index (χ2v) is 4.96. The van der Waals surface area contributed by atoms with Gasteiger partial charge in [0, 0.05) is 23.5 Å². The number of hydrogen-bond donors (Lipinski definition) is 1. The summed E-state index contributed by atoms with van der Waals surface area (Å²) in [4.78, 5) is 8.34. The molecular formula is C16H13F3N4O2. The fourth-order valence-corrected chi connectivity index (χ4v) is 2.12. The first-order chi connectivity index (χ1) is 12.2. The molecule has 1 aliphatic heterocycles. The van der Waals surface area contributed by atoms with Crippen LogP contribution < -0.4 is 20.3 Å². The molecule has 0 spiro atoms. The Balaban J connectivity index is 1.70. The summed E-state index contributed by atoms with van der Waals surface area (Å²) in [6, 6.07) is 8.01. The molecule has 0 aromatic heterocycles. The number of hydrogen-bond acceptors (Lipinski definition) is 6. The van der Waals surface area contributed by atoms with Crippen LogP contribution in [0.5, 0.6) is 11.5 Å². The maximum absolute atomic E-state index is 14.2. The summed E-state index contributed by atoms with van der Waals surface area (Å²) in [5, 5.41) is 5.08. The van der Waals surface area contributed by atoms with E-state index in [2.05, 4.69) is 14.9 Å². The highest BCUT2D eigenvalue weighted by molar-refractivity contribution is 5.84. The molecule has 0 radical (unpaired) electrons. The lowest BCUT2D eigenvalue weighted by Gasteiger charge is -2.17. The molecule has 0 aliphatic carbocycles. The second-order valence-electron chi connectivity index (χ2n) is 4.96. The first-order valence-electron chi connectivity index (χ1n) is 7.22. The van der Waals surface area contributed by atoms with Crippen molar-refractivity contribution in [2.45, 2.75) is 6.61 Å². The van der Waals surface area contributed by atoms with Gasteiger partial charge >= 0.3 is 0 Å². The maximum Gasteiger partial charge on any atom is 0.150 e. The van der Waals surface area contributed by atoms with E-state index in [-0.39, 0.29) is 23.6 Å². The van der Waals surface area contributed by atoms with E-state index in [9.17, 15) is 13.3 Å². The van der Waals surface area contributed by atoms with Gasteiger partial charge in [0.25, 0.3) is 0 Å². The molecular weight excluding hydrogens is 337 g/mol. The Bertz CT molecular complexity index is 785. The van der Waals surface area contributed by atoms with E-state index >= 15 is 0 Å². The number of nitrogens with zero attached hydrogens (tertiary/aromatic N) is 3. The molecule has 3 rings (SSSR count). The summed E-state index contributed by atoms with van der Waals surface area (Å²) >= 11 is 0. The molecule has 0 amide bonds. The summed E-state index contributed by atoms with van der Waals surface area (Å²) < 4.78 is 45.6. The highest BCUT2D eigenvalue weighted by Crippen LogP contribution is 2.25. The van der Waals surface area contributed by atoms with Crippen molar-refractivity contribution in [2.24, 2.45) is 10.1 Å². The molecule has 0 saturated carbocycles. The third kappa shape index (κ3) is 4.07. The van der Waals surface area contributed by atoms with Crippen molar-refractivity contribution in [1.82, 2.24) is 5.70 Å². The Morgan fingerprint density at radius 2 is 1.84 bits per heavy atom. The van der Waals surface area contributed by atoms with Gasteiger partial charge in [0.05, 0.1) is 6.54 Å². The first-order valence-corrected chi connectivity index (χ1v) is 7.22. The van der Waals surface area contributed by atoms with E-state index in [1.807, 2.05) is 0 Å². The smallest absolute Gasteiger partial charge is 0.150 e. The van der Waals surface area contributed by atoms with Crippen LogP contribution in [0.1, 0.15) is 5.56 Å². The van der Waals surface area contributed by atoms with Crippen LogP contribution in [-0.4, -0.2) is 19.1 Å². The zero-order valence-corrected chi connectivity index (χ0v) is 12.8. The number of aliphatic imine (C=N–C) groups is 1. The predicted octanol–water partition coefficient (Wildman–Crippen LogP) is 3.15. The summed E-state index contributed by atoms with van der Waals surface area (Å²) in [6.07, 6.45) is 2.81. The van der Waals surface area contributed by atoms with Crippen LogP contribution in [-0.2, 0) is 6.61 Å². The largest absolute Gasteiger partial charge is 0.489 e. The molecule has 2 aromatic rings. The van der Waals surface area contributed by atoms with Gasteiger partial charge in [-0.15, -0.1) is 0 Å². The standard InChI is InChI=1S/C16H13F3N4O2/c17-14-8-16(23-10-20-5-6-21-23)15(18)7-11(14)9-24-12-1-3-13(4-2-12)25-22-19/h1-4,6-8,10,22H,5,9H2. The minimum Gasteiger partial charge on any atom is -0.489 e. The van der Waals surface area contributed by atoms with Crippen LogP contribution in [0.2, 0.25) is 0 Å². The quantitative estimate of drug-likeness (QED) is 0.642. The summed E-state index contributed by atoms with van der Waals surface area (Å²) in [6.45, 7) is 0.222. The Hall–Kier alpha value is -3.07. The highest BCUT2D eigenvalue weighted by Gasteiger charge is 2.15. The van der Waals surface area contributed by atoms with Gasteiger partial charge in [-0.1, -0.05) is 4.48 Å². The lowest BCUT2D eigenvalue weighted by Crippen LogP contribution is -2.19. The van der Waals surface area contributed by atoms with E-state index in [0.29, 0.717) is 12.3 Å².